The zero-order valence-corrected chi connectivity index (χ0v) is 14.0. The van der Waals surface area contributed by atoms with Crippen LogP contribution < -0.4 is 10.6 Å². The fourth-order valence-corrected chi connectivity index (χ4v) is 2.92. The molecule has 7 nitrogen and oxygen atoms in total. The fraction of sp³-hybridized carbons (Fsp3) is 0.278. The minimum Gasteiger partial charge on any atom is -0.340 e. The molecule has 4 rings (SSSR count). The molecule has 0 aliphatic heterocycles. The van der Waals surface area contributed by atoms with Crippen LogP contribution in [0.4, 0.5) is 4.79 Å². The Labute approximate surface area is 145 Å². The third kappa shape index (κ3) is 3.55. The van der Waals surface area contributed by atoms with Crippen LogP contribution in [0.2, 0.25) is 0 Å². The highest BCUT2D eigenvalue weighted by Gasteiger charge is 2.40. The maximum absolute atomic E-state index is 12.0. The lowest BCUT2D eigenvalue weighted by atomic mass is 10.2. The van der Waals surface area contributed by atoms with Crippen molar-refractivity contribution in [3.8, 4) is 5.69 Å². The summed E-state index contributed by atoms with van der Waals surface area (Å²) in [5.41, 5.74) is 3.03. The first kappa shape index (κ1) is 15.4. The normalized spacial score (nSPS) is 18.8. The number of para-hydroxylation sites is 1. The molecule has 2 aromatic heterocycles. The summed E-state index contributed by atoms with van der Waals surface area (Å²) in [5.74, 6) is 0.332. The Bertz CT molecular complexity index is 869. The standard InChI is InChI=1S/C18H20N6O/c1-23-11-14(20-12-23)9-19-18(25)22-17-7-16(17)13-8-21-24(10-13)15-5-3-2-4-6-15/h2-6,8,10-12,16-17H,7,9H2,1H3,(H2,19,22,25)/t16-,17+/m0/s1. The Morgan fingerprint density at radius 1 is 1.28 bits per heavy atom. The average Bonchev–Trinajstić information content (AvgIpc) is 3.03. The average molecular weight is 336 g/mol. The van der Waals surface area contributed by atoms with Crippen LogP contribution in [-0.4, -0.2) is 31.4 Å². The fourth-order valence-electron chi connectivity index (χ4n) is 2.92. The van der Waals surface area contributed by atoms with Gasteiger partial charge >= 0.3 is 6.03 Å². The molecule has 7 heteroatoms. The van der Waals surface area contributed by atoms with Crippen LogP contribution in [-0.2, 0) is 13.6 Å². The molecule has 0 unspecified atom stereocenters. The zero-order chi connectivity index (χ0) is 17.2. The lowest BCUT2D eigenvalue weighted by molar-refractivity contribution is 0.240. The number of urea groups is 1. The molecule has 1 fully saturated rings. The number of hydrogen-bond acceptors (Lipinski definition) is 3. The van der Waals surface area contributed by atoms with Crippen molar-refractivity contribution in [1.29, 1.82) is 0 Å². The Morgan fingerprint density at radius 2 is 2.12 bits per heavy atom. The van der Waals surface area contributed by atoms with Gasteiger partial charge in [-0.25, -0.2) is 14.5 Å². The lowest BCUT2D eigenvalue weighted by Gasteiger charge is -2.05. The van der Waals surface area contributed by atoms with Crippen molar-refractivity contribution in [2.45, 2.75) is 24.9 Å². The summed E-state index contributed by atoms with van der Waals surface area (Å²) in [7, 11) is 1.90. The first-order valence-electron chi connectivity index (χ1n) is 8.30. The maximum Gasteiger partial charge on any atom is 0.315 e. The molecular formula is C18H20N6O. The van der Waals surface area contributed by atoms with E-state index in [0.29, 0.717) is 12.5 Å². The molecule has 25 heavy (non-hydrogen) atoms. The predicted octanol–water partition coefficient (Wildman–Crippen LogP) is 1.96. The zero-order valence-electron chi connectivity index (χ0n) is 14.0. The molecule has 1 saturated carbocycles. The number of carbonyl (C=O) groups is 1. The molecular weight excluding hydrogens is 316 g/mol. The molecule has 0 saturated heterocycles. The second kappa shape index (κ2) is 6.43. The molecule has 2 heterocycles. The van der Waals surface area contributed by atoms with Gasteiger partial charge in [0.2, 0.25) is 0 Å². The molecule has 2 amide bonds. The molecule has 2 N–H and O–H groups in total. The van der Waals surface area contributed by atoms with Gasteiger partial charge in [-0.15, -0.1) is 0 Å². The van der Waals surface area contributed by atoms with E-state index in [9.17, 15) is 4.79 Å². The molecule has 0 bridgehead atoms. The molecule has 1 aromatic carbocycles. The minimum atomic E-state index is -0.159. The lowest BCUT2D eigenvalue weighted by Crippen LogP contribution is -2.37. The minimum absolute atomic E-state index is 0.159. The molecule has 0 radical (unpaired) electrons. The number of aromatic nitrogens is 4. The number of nitrogens with zero attached hydrogens (tertiary/aromatic N) is 4. The van der Waals surface area contributed by atoms with Crippen LogP contribution >= 0.6 is 0 Å². The van der Waals surface area contributed by atoms with Gasteiger partial charge in [0, 0.05) is 31.4 Å². The Balaban J connectivity index is 1.29. The van der Waals surface area contributed by atoms with E-state index in [4.69, 9.17) is 0 Å². The van der Waals surface area contributed by atoms with E-state index in [-0.39, 0.29) is 12.1 Å². The summed E-state index contributed by atoms with van der Waals surface area (Å²) in [6.07, 6.45) is 8.46. The van der Waals surface area contributed by atoms with Crippen LogP contribution in [0.5, 0.6) is 0 Å². The van der Waals surface area contributed by atoms with E-state index in [0.717, 1.165) is 23.4 Å². The largest absolute Gasteiger partial charge is 0.340 e. The van der Waals surface area contributed by atoms with Crippen molar-refractivity contribution in [1.82, 2.24) is 30.0 Å². The molecule has 0 spiro atoms. The van der Waals surface area contributed by atoms with Gasteiger partial charge in [0.1, 0.15) is 0 Å². The second-order valence-electron chi connectivity index (χ2n) is 6.36. The molecule has 1 aliphatic carbocycles. The van der Waals surface area contributed by atoms with E-state index < -0.39 is 0 Å². The summed E-state index contributed by atoms with van der Waals surface area (Å²) >= 11 is 0. The summed E-state index contributed by atoms with van der Waals surface area (Å²) in [5, 5.41) is 10.3. The van der Waals surface area contributed by atoms with Crippen LogP contribution in [0.15, 0.2) is 55.2 Å². The topological polar surface area (TPSA) is 76.8 Å². The van der Waals surface area contributed by atoms with E-state index >= 15 is 0 Å². The Morgan fingerprint density at radius 3 is 2.88 bits per heavy atom. The Hall–Kier alpha value is -3.09. The number of carbonyl (C=O) groups excluding carboxylic acids is 1. The quantitative estimate of drug-likeness (QED) is 0.748. The Kier molecular flexibility index (Phi) is 3.97. The highest BCUT2D eigenvalue weighted by atomic mass is 16.2. The number of rotatable bonds is 5. The van der Waals surface area contributed by atoms with Gasteiger partial charge < -0.3 is 15.2 Å². The van der Waals surface area contributed by atoms with Crippen molar-refractivity contribution in [2.75, 3.05) is 0 Å². The van der Waals surface area contributed by atoms with E-state index in [2.05, 4.69) is 20.7 Å². The van der Waals surface area contributed by atoms with Gasteiger partial charge in [0.15, 0.2) is 0 Å². The number of benzene rings is 1. The van der Waals surface area contributed by atoms with Crippen molar-refractivity contribution in [3.05, 3.63) is 66.5 Å². The van der Waals surface area contributed by atoms with Crippen molar-refractivity contribution < 1.29 is 4.79 Å². The van der Waals surface area contributed by atoms with E-state index in [1.165, 1.54) is 0 Å². The first-order valence-corrected chi connectivity index (χ1v) is 8.30. The number of aryl methyl sites for hydroxylation is 1. The number of imidazole rings is 1. The number of hydrogen-bond donors (Lipinski definition) is 2. The highest BCUT2D eigenvalue weighted by molar-refractivity contribution is 5.74. The second-order valence-corrected chi connectivity index (χ2v) is 6.36. The summed E-state index contributed by atoms with van der Waals surface area (Å²) < 4.78 is 3.72. The van der Waals surface area contributed by atoms with Crippen molar-refractivity contribution in [2.24, 2.45) is 7.05 Å². The summed E-state index contributed by atoms with van der Waals surface area (Å²) in [4.78, 5) is 16.2. The van der Waals surface area contributed by atoms with Crippen molar-refractivity contribution in [3.63, 3.8) is 0 Å². The van der Waals surface area contributed by atoms with Crippen LogP contribution in [0, 0.1) is 0 Å². The van der Waals surface area contributed by atoms with Gasteiger partial charge in [-0.05, 0) is 24.1 Å². The van der Waals surface area contributed by atoms with Gasteiger partial charge in [0.05, 0.1) is 30.5 Å². The third-order valence-electron chi connectivity index (χ3n) is 4.35. The van der Waals surface area contributed by atoms with Gasteiger partial charge in [0.25, 0.3) is 0 Å². The first-order chi connectivity index (χ1) is 12.2. The predicted molar refractivity (Wildman–Crippen MR) is 93.3 cm³/mol. The number of nitrogens with one attached hydrogen (secondary N) is 2. The van der Waals surface area contributed by atoms with Crippen LogP contribution in [0.1, 0.15) is 23.6 Å². The van der Waals surface area contributed by atoms with Crippen LogP contribution in [0.25, 0.3) is 5.69 Å². The monoisotopic (exact) mass is 336 g/mol. The molecule has 3 aromatic rings. The van der Waals surface area contributed by atoms with Gasteiger partial charge in [-0.3, -0.25) is 0 Å². The third-order valence-corrected chi connectivity index (χ3v) is 4.35. The van der Waals surface area contributed by atoms with Gasteiger partial charge in [-0.2, -0.15) is 5.10 Å². The number of amides is 2. The maximum atomic E-state index is 12.0. The SMILES string of the molecule is Cn1cnc(CNC(=O)N[C@@H]2C[C@H]2c2cnn(-c3ccccc3)c2)c1. The summed E-state index contributed by atoms with van der Waals surface area (Å²) in [6.45, 7) is 0.427. The summed E-state index contributed by atoms with van der Waals surface area (Å²) in [6, 6.07) is 10.0. The molecule has 128 valence electrons. The van der Waals surface area contributed by atoms with E-state index in [1.54, 1.807) is 6.33 Å². The molecule has 2 atom stereocenters. The van der Waals surface area contributed by atoms with Crippen LogP contribution in [0.3, 0.4) is 0 Å². The molecule has 1 aliphatic rings. The van der Waals surface area contributed by atoms with E-state index in [1.807, 2.05) is 65.2 Å². The smallest absolute Gasteiger partial charge is 0.315 e. The van der Waals surface area contributed by atoms with Crippen molar-refractivity contribution >= 4 is 6.03 Å². The highest BCUT2D eigenvalue weighted by Crippen LogP contribution is 2.40. The van der Waals surface area contributed by atoms with Gasteiger partial charge in [-0.1, -0.05) is 18.2 Å².